The lowest BCUT2D eigenvalue weighted by molar-refractivity contribution is -0.128. The van der Waals surface area contributed by atoms with E-state index < -0.39 is 11.9 Å². The van der Waals surface area contributed by atoms with E-state index in [1.165, 1.54) is 29.2 Å². The number of thioether (sulfide) groups is 1. The van der Waals surface area contributed by atoms with Crippen LogP contribution < -0.4 is 5.32 Å². The summed E-state index contributed by atoms with van der Waals surface area (Å²) in [5.74, 6) is -0.278. The second-order valence-corrected chi connectivity index (χ2v) is 8.43. The van der Waals surface area contributed by atoms with Crippen LogP contribution >= 0.6 is 11.8 Å². The maximum atomic E-state index is 12.9. The number of rotatable bonds is 2. The standard InChI is InChI=1S/C15H15FN4O3.C4H10.C2H6S/c1-8-7-20(9(2)13(21)17-8)15(22)14-18-12(19-23-14)10-3-5-11(16)6-4-10;1-4(2)3;1-3-2/h3-6,8-9H,7H2,1-2H3,(H,17,21);4H,1-3H3;1-2H3. The molecule has 0 radical (unpaired) electrons. The minimum atomic E-state index is -0.611. The molecule has 2 heterocycles. The Hall–Kier alpha value is -2.42. The lowest BCUT2D eigenvalue weighted by atomic mass is 10.1. The Labute approximate surface area is 181 Å². The number of carbonyl (C=O) groups excluding carboxylic acids is 2. The minimum absolute atomic E-state index is 0.151. The monoisotopic (exact) mass is 438 g/mol. The van der Waals surface area contributed by atoms with E-state index in [2.05, 4.69) is 36.2 Å². The van der Waals surface area contributed by atoms with E-state index in [0.717, 1.165) is 5.92 Å². The van der Waals surface area contributed by atoms with Gasteiger partial charge in [0.2, 0.25) is 11.7 Å². The highest BCUT2D eigenvalue weighted by atomic mass is 32.2. The van der Waals surface area contributed by atoms with Gasteiger partial charge < -0.3 is 14.7 Å². The molecule has 2 unspecified atom stereocenters. The Kier molecular flexibility index (Phi) is 10.5. The number of nitrogens with zero attached hydrogens (tertiary/aromatic N) is 3. The van der Waals surface area contributed by atoms with E-state index in [9.17, 15) is 14.0 Å². The van der Waals surface area contributed by atoms with Gasteiger partial charge in [-0.25, -0.2) is 4.39 Å². The number of amides is 2. The molecule has 7 nitrogen and oxygen atoms in total. The number of carbonyl (C=O) groups is 2. The van der Waals surface area contributed by atoms with Crippen LogP contribution in [0.5, 0.6) is 0 Å². The second kappa shape index (κ2) is 12.3. The van der Waals surface area contributed by atoms with Crippen molar-refractivity contribution in [3.8, 4) is 11.4 Å². The molecule has 1 aliphatic rings. The van der Waals surface area contributed by atoms with Gasteiger partial charge in [-0.05, 0) is 56.5 Å². The lowest BCUT2D eigenvalue weighted by Crippen LogP contribution is -2.59. The van der Waals surface area contributed by atoms with Crippen LogP contribution in [0.1, 0.15) is 45.3 Å². The first-order valence-corrected chi connectivity index (χ1v) is 11.3. The molecule has 1 aliphatic heterocycles. The normalized spacial score (nSPS) is 18.0. The molecule has 1 N–H and O–H groups in total. The minimum Gasteiger partial charge on any atom is -0.350 e. The van der Waals surface area contributed by atoms with Gasteiger partial charge in [0, 0.05) is 18.2 Å². The van der Waals surface area contributed by atoms with E-state index in [4.69, 9.17) is 4.52 Å². The summed E-state index contributed by atoms with van der Waals surface area (Å²) in [6.45, 7) is 10.3. The van der Waals surface area contributed by atoms with Gasteiger partial charge in [0.05, 0.1) is 0 Å². The van der Waals surface area contributed by atoms with E-state index in [-0.39, 0.29) is 29.5 Å². The summed E-state index contributed by atoms with van der Waals surface area (Å²) in [7, 11) is 0. The molecule has 2 atom stereocenters. The summed E-state index contributed by atoms with van der Waals surface area (Å²) < 4.78 is 17.9. The molecule has 2 amide bonds. The molecule has 1 aromatic carbocycles. The number of aromatic nitrogens is 2. The van der Waals surface area contributed by atoms with Crippen LogP contribution in [-0.4, -0.2) is 58.0 Å². The molecule has 0 aliphatic carbocycles. The van der Waals surface area contributed by atoms with Crippen molar-refractivity contribution >= 4 is 23.6 Å². The van der Waals surface area contributed by atoms with Gasteiger partial charge in [-0.2, -0.15) is 16.7 Å². The highest BCUT2D eigenvalue weighted by Crippen LogP contribution is 2.18. The highest BCUT2D eigenvalue weighted by Gasteiger charge is 2.35. The van der Waals surface area contributed by atoms with Crippen LogP contribution in [0.2, 0.25) is 0 Å². The first kappa shape index (κ1) is 25.6. The third-order valence-electron chi connectivity index (χ3n) is 3.68. The molecule has 1 saturated heterocycles. The van der Waals surface area contributed by atoms with E-state index in [1.54, 1.807) is 18.7 Å². The van der Waals surface area contributed by atoms with Gasteiger partial charge in [-0.3, -0.25) is 9.59 Å². The molecule has 0 saturated carbocycles. The molecule has 30 heavy (non-hydrogen) atoms. The fraction of sp³-hybridized carbons (Fsp3) is 0.524. The van der Waals surface area contributed by atoms with Crippen molar-refractivity contribution < 1.29 is 18.5 Å². The number of piperazine rings is 1. The third kappa shape index (κ3) is 7.78. The Morgan fingerprint density at radius 2 is 1.77 bits per heavy atom. The average Bonchev–Trinajstić information content (AvgIpc) is 3.15. The zero-order chi connectivity index (χ0) is 22.8. The van der Waals surface area contributed by atoms with Crippen molar-refractivity contribution in [1.29, 1.82) is 0 Å². The van der Waals surface area contributed by atoms with Crippen LogP contribution in [0.15, 0.2) is 28.8 Å². The van der Waals surface area contributed by atoms with Crippen LogP contribution in [0.3, 0.4) is 0 Å². The molecule has 1 aromatic heterocycles. The maximum absolute atomic E-state index is 12.9. The van der Waals surface area contributed by atoms with Gasteiger partial charge in [0.25, 0.3) is 0 Å². The summed E-state index contributed by atoms with van der Waals surface area (Å²) in [4.78, 5) is 29.7. The molecular weight excluding hydrogens is 407 g/mol. The topological polar surface area (TPSA) is 88.3 Å². The highest BCUT2D eigenvalue weighted by molar-refractivity contribution is 7.97. The van der Waals surface area contributed by atoms with Crippen molar-refractivity contribution in [2.24, 2.45) is 5.92 Å². The van der Waals surface area contributed by atoms with Crippen molar-refractivity contribution in [2.75, 3.05) is 19.1 Å². The Balaban J connectivity index is 0.000000564. The maximum Gasteiger partial charge on any atom is 0.316 e. The van der Waals surface area contributed by atoms with Crippen molar-refractivity contribution in [2.45, 2.75) is 46.7 Å². The summed E-state index contributed by atoms with van der Waals surface area (Å²) in [6.07, 6.45) is 4.08. The van der Waals surface area contributed by atoms with E-state index in [1.807, 2.05) is 19.4 Å². The van der Waals surface area contributed by atoms with E-state index >= 15 is 0 Å². The predicted octanol–water partition coefficient (Wildman–Crippen LogP) is 3.87. The lowest BCUT2D eigenvalue weighted by Gasteiger charge is -2.35. The van der Waals surface area contributed by atoms with Crippen molar-refractivity contribution in [1.82, 2.24) is 20.4 Å². The average molecular weight is 439 g/mol. The molecule has 0 spiro atoms. The SMILES string of the molecule is CC(C)C.CC1CN(C(=O)c2nc(-c3ccc(F)cc3)no2)C(C)C(=O)N1.CSC. The predicted molar refractivity (Wildman–Crippen MR) is 118 cm³/mol. The fourth-order valence-corrected chi connectivity index (χ4v) is 2.41. The first-order valence-electron chi connectivity index (χ1n) is 9.71. The molecule has 2 aromatic rings. The molecule has 166 valence electrons. The second-order valence-electron chi connectivity index (χ2n) is 7.61. The molecular formula is C21H31FN4O3S. The Morgan fingerprint density at radius 1 is 1.23 bits per heavy atom. The van der Waals surface area contributed by atoms with Gasteiger partial charge in [-0.1, -0.05) is 25.9 Å². The number of benzene rings is 1. The molecule has 0 bridgehead atoms. The molecule has 1 fully saturated rings. The summed E-state index contributed by atoms with van der Waals surface area (Å²) in [5, 5.41) is 6.51. The van der Waals surface area contributed by atoms with Crippen LogP contribution in [0.25, 0.3) is 11.4 Å². The quantitative estimate of drug-likeness (QED) is 0.766. The third-order valence-corrected chi connectivity index (χ3v) is 3.68. The first-order chi connectivity index (χ1) is 14.1. The van der Waals surface area contributed by atoms with Gasteiger partial charge in [0.1, 0.15) is 11.9 Å². The number of nitrogens with one attached hydrogen (secondary N) is 1. The zero-order valence-electron chi connectivity index (χ0n) is 18.6. The summed E-state index contributed by atoms with van der Waals surface area (Å²) in [5.41, 5.74) is 0.534. The number of halogens is 1. The van der Waals surface area contributed by atoms with Crippen LogP contribution in [0, 0.1) is 11.7 Å². The summed E-state index contributed by atoms with van der Waals surface area (Å²) in [6, 6.07) is 4.76. The van der Waals surface area contributed by atoms with Gasteiger partial charge in [0.15, 0.2) is 0 Å². The van der Waals surface area contributed by atoms with Crippen LogP contribution in [0.4, 0.5) is 4.39 Å². The smallest absolute Gasteiger partial charge is 0.316 e. The number of hydrogen-bond donors (Lipinski definition) is 1. The molecule has 3 rings (SSSR count). The Bertz CT molecular complexity index is 808. The van der Waals surface area contributed by atoms with Gasteiger partial charge >= 0.3 is 11.8 Å². The van der Waals surface area contributed by atoms with E-state index in [0.29, 0.717) is 12.1 Å². The Morgan fingerprint density at radius 3 is 2.30 bits per heavy atom. The van der Waals surface area contributed by atoms with Gasteiger partial charge in [-0.15, -0.1) is 0 Å². The summed E-state index contributed by atoms with van der Waals surface area (Å²) >= 11 is 1.75. The van der Waals surface area contributed by atoms with Crippen molar-refractivity contribution in [3.63, 3.8) is 0 Å². The van der Waals surface area contributed by atoms with Crippen LogP contribution in [-0.2, 0) is 4.79 Å². The fourth-order valence-electron chi connectivity index (χ4n) is 2.41. The number of hydrogen-bond acceptors (Lipinski definition) is 6. The van der Waals surface area contributed by atoms with Crippen molar-refractivity contribution in [3.05, 3.63) is 36.0 Å². The molecule has 9 heteroatoms. The zero-order valence-corrected chi connectivity index (χ0v) is 19.4. The largest absolute Gasteiger partial charge is 0.350 e.